The Balaban J connectivity index is 1.64. The van der Waals surface area contributed by atoms with Gasteiger partial charge in [0.2, 0.25) is 0 Å². The number of urea groups is 1. The third-order valence-electron chi connectivity index (χ3n) is 4.99. The average molecular weight is 326 g/mol. The second-order valence-electron chi connectivity index (χ2n) is 6.73. The summed E-state index contributed by atoms with van der Waals surface area (Å²) in [5.74, 6) is 0.410. The molecule has 128 valence electrons. The summed E-state index contributed by atoms with van der Waals surface area (Å²) >= 11 is 0. The highest BCUT2D eigenvalue weighted by Crippen LogP contribution is 2.33. The molecule has 1 aliphatic carbocycles. The number of aromatic nitrogens is 2. The molecule has 24 heavy (non-hydrogen) atoms. The smallest absolute Gasteiger partial charge is 0.317 e. The highest BCUT2D eigenvalue weighted by Gasteiger charge is 2.28. The van der Waals surface area contributed by atoms with E-state index in [1.807, 2.05) is 20.0 Å². The van der Waals surface area contributed by atoms with Crippen molar-refractivity contribution in [2.75, 3.05) is 7.05 Å². The number of benzene rings is 1. The van der Waals surface area contributed by atoms with Gasteiger partial charge in [-0.05, 0) is 25.3 Å². The van der Waals surface area contributed by atoms with Crippen LogP contribution in [0.5, 0.6) is 0 Å². The van der Waals surface area contributed by atoms with E-state index in [0.717, 1.165) is 24.1 Å². The lowest BCUT2D eigenvalue weighted by atomic mass is 9.80. The fourth-order valence-corrected chi connectivity index (χ4v) is 3.53. The first-order valence-electron chi connectivity index (χ1n) is 8.70. The van der Waals surface area contributed by atoms with E-state index in [2.05, 4.69) is 39.8 Å². The van der Waals surface area contributed by atoms with Gasteiger partial charge in [-0.3, -0.25) is 5.10 Å². The minimum absolute atomic E-state index is 0.0107. The number of rotatable bonds is 4. The molecule has 3 rings (SSSR count). The minimum Gasteiger partial charge on any atom is -0.335 e. The summed E-state index contributed by atoms with van der Waals surface area (Å²) in [5, 5.41) is 10.2. The number of hydrogen-bond donors (Lipinski definition) is 2. The quantitative estimate of drug-likeness (QED) is 0.902. The van der Waals surface area contributed by atoms with Crippen LogP contribution in [-0.2, 0) is 6.54 Å². The Morgan fingerprint density at radius 1 is 1.29 bits per heavy atom. The highest BCUT2D eigenvalue weighted by atomic mass is 16.2. The summed E-state index contributed by atoms with van der Waals surface area (Å²) in [6.07, 6.45) is 6.38. The van der Waals surface area contributed by atoms with E-state index in [0.29, 0.717) is 12.5 Å². The number of nitrogens with one attached hydrogen (secondary N) is 2. The third kappa shape index (κ3) is 3.78. The van der Waals surface area contributed by atoms with Gasteiger partial charge in [0.15, 0.2) is 0 Å². The first kappa shape index (κ1) is 16.6. The molecule has 1 aliphatic rings. The van der Waals surface area contributed by atoms with Crippen LogP contribution >= 0.6 is 0 Å². The fraction of sp³-hybridized carbons (Fsp3) is 0.474. The molecular formula is C19H26N4O. The van der Waals surface area contributed by atoms with E-state index in [1.54, 1.807) is 11.1 Å². The van der Waals surface area contributed by atoms with Gasteiger partial charge in [-0.15, -0.1) is 0 Å². The van der Waals surface area contributed by atoms with Crippen LogP contribution < -0.4 is 5.32 Å². The molecule has 2 amide bonds. The van der Waals surface area contributed by atoms with Gasteiger partial charge in [-0.2, -0.15) is 5.10 Å². The SMILES string of the molecule is Cc1[nH]ncc1CN(C)C(=O)N[C@@H]1CCCC[C@H]1c1ccccc1. The van der Waals surface area contributed by atoms with Crippen LogP contribution in [0.2, 0.25) is 0 Å². The molecule has 0 bridgehead atoms. The van der Waals surface area contributed by atoms with E-state index < -0.39 is 0 Å². The van der Waals surface area contributed by atoms with E-state index in [-0.39, 0.29) is 12.1 Å². The molecule has 1 heterocycles. The molecule has 0 unspecified atom stereocenters. The maximum atomic E-state index is 12.6. The van der Waals surface area contributed by atoms with Gasteiger partial charge in [-0.25, -0.2) is 4.79 Å². The highest BCUT2D eigenvalue weighted by molar-refractivity contribution is 5.74. The monoisotopic (exact) mass is 326 g/mol. The van der Waals surface area contributed by atoms with Crippen molar-refractivity contribution in [2.24, 2.45) is 0 Å². The summed E-state index contributed by atoms with van der Waals surface area (Å²) in [7, 11) is 1.84. The van der Waals surface area contributed by atoms with Crippen molar-refractivity contribution in [1.29, 1.82) is 0 Å². The molecular weight excluding hydrogens is 300 g/mol. The number of carbonyl (C=O) groups excluding carboxylic acids is 1. The summed E-state index contributed by atoms with van der Waals surface area (Å²) < 4.78 is 0. The lowest BCUT2D eigenvalue weighted by molar-refractivity contribution is 0.195. The van der Waals surface area contributed by atoms with E-state index >= 15 is 0 Å². The standard InChI is InChI=1S/C19H26N4O/c1-14-16(12-20-22-14)13-23(2)19(24)21-18-11-7-6-10-17(18)15-8-4-3-5-9-15/h3-5,8-9,12,17-18H,6-7,10-11,13H2,1-2H3,(H,20,22)(H,21,24)/t17-,18+/m0/s1. The van der Waals surface area contributed by atoms with Crippen molar-refractivity contribution in [3.63, 3.8) is 0 Å². The first-order valence-corrected chi connectivity index (χ1v) is 8.70. The van der Waals surface area contributed by atoms with Crippen LogP contribution in [0, 0.1) is 6.92 Å². The van der Waals surface area contributed by atoms with Crippen LogP contribution in [0.4, 0.5) is 4.79 Å². The Morgan fingerprint density at radius 2 is 2.04 bits per heavy atom. The molecule has 5 heteroatoms. The van der Waals surface area contributed by atoms with E-state index in [4.69, 9.17) is 0 Å². The number of amides is 2. The number of nitrogens with zero attached hydrogens (tertiary/aromatic N) is 2. The molecule has 2 aromatic rings. The van der Waals surface area contributed by atoms with E-state index in [1.165, 1.54) is 18.4 Å². The molecule has 1 saturated carbocycles. The number of aromatic amines is 1. The Hall–Kier alpha value is -2.30. The number of carbonyl (C=O) groups is 1. The van der Waals surface area contributed by atoms with Crippen molar-refractivity contribution < 1.29 is 4.79 Å². The molecule has 0 aliphatic heterocycles. The van der Waals surface area contributed by atoms with Gasteiger partial charge in [0.1, 0.15) is 0 Å². The number of aryl methyl sites for hydroxylation is 1. The fourth-order valence-electron chi connectivity index (χ4n) is 3.53. The Labute approximate surface area is 143 Å². The Bertz CT molecular complexity index is 667. The third-order valence-corrected chi connectivity index (χ3v) is 4.99. The van der Waals surface area contributed by atoms with Crippen LogP contribution in [0.25, 0.3) is 0 Å². The molecule has 1 aromatic heterocycles. The second kappa shape index (κ2) is 7.51. The zero-order chi connectivity index (χ0) is 16.9. The summed E-state index contributed by atoms with van der Waals surface area (Å²) in [6.45, 7) is 2.54. The molecule has 0 radical (unpaired) electrons. The maximum absolute atomic E-state index is 12.6. The van der Waals surface area contributed by atoms with Gasteiger partial charge in [-0.1, -0.05) is 43.2 Å². The van der Waals surface area contributed by atoms with Crippen LogP contribution in [0.1, 0.15) is 48.4 Å². The van der Waals surface area contributed by atoms with E-state index in [9.17, 15) is 4.79 Å². The molecule has 5 nitrogen and oxygen atoms in total. The van der Waals surface area contributed by atoms with Crippen molar-refractivity contribution >= 4 is 6.03 Å². The van der Waals surface area contributed by atoms with Crippen LogP contribution in [-0.4, -0.2) is 34.2 Å². The summed E-state index contributed by atoms with van der Waals surface area (Å²) in [6, 6.07) is 10.8. The molecule has 0 saturated heterocycles. The molecule has 2 atom stereocenters. The average Bonchev–Trinajstić information content (AvgIpc) is 3.01. The first-order chi connectivity index (χ1) is 11.6. The largest absolute Gasteiger partial charge is 0.335 e. The van der Waals surface area contributed by atoms with Gasteiger partial charge in [0.25, 0.3) is 0 Å². The van der Waals surface area contributed by atoms with Crippen molar-refractivity contribution in [3.8, 4) is 0 Å². The second-order valence-corrected chi connectivity index (χ2v) is 6.73. The van der Waals surface area contributed by atoms with Crippen molar-refractivity contribution in [1.82, 2.24) is 20.4 Å². The van der Waals surface area contributed by atoms with Gasteiger partial charge >= 0.3 is 6.03 Å². The number of hydrogen-bond acceptors (Lipinski definition) is 2. The van der Waals surface area contributed by atoms with Gasteiger partial charge < -0.3 is 10.2 Å². The summed E-state index contributed by atoms with van der Waals surface area (Å²) in [5.41, 5.74) is 3.39. The molecule has 0 spiro atoms. The Kier molecular flexibility index (Phi) is 5.18. The van der Waals surface area contributed by atoms with Crippen LogP contribution in [0.15, 0.2) is 36.5 Å². The summed E-state index contributed by atoms with van der Waals surface area (Å²) in [4.78, 5) is 14.3. The normalized spacial score (nSPS) is 20.6. The predicted molar refractivity (Wildman–Crippen MR) is 94.8 cm³/mol. The van der Waals surface area contributed by atoms with Crippen molar-refractivity contribution in [3.05, 3.63) is 53.3 Å². The zero-order valence-electron chi connectivity index (χ0n) is 14.5. The molecule has 2 N–H and O–H groups in total. The predicted octanol–water partition coefficient (Wildman–Crippen LogP) is 3.59. The topological polar surface area (TPSA) is 61.0 Å². The maximum Gasteiger partial charge on any atom is 0.317 e. The number of H-pyrrole nitrogens is 1. The Morgan fingerprint density at radius 3 is 2.75 bits per heavy atom. The lowest BCUT2D eigenvalue weighted by Gasteiger charge is -2.34. The lowest BCUT2D eigenvalue weighted by Crippen LogP contribution is -2.46. The minimum atomic E-state index is -0.0107. The molecule has 1 fully saturated rings. The van der Waals surface area contributed by atoms with Crippen LogP contribution in [0.3, 0.4) is 0 Å². The zero-order valence-corrected chi connectivity index (χ0v) is 14.5. The van der Waals surface area contributed by atoms with Gasteiger partial charge in [0, 0.05) is 30.3 Å². The van der Waals surface area contributed by atoms with Gasteiger partial charge in [0.05, 0.1) is 12.7 Å². The molecule has 1 aromatic carbocycles. The van der Waals surface area contributed by atoms with Crippen molar-refractivity contribution in [2.45, 2.75) is 51.1 Å².